The van der Waals surface area contributed by atoms with Gasteiger partial charge in [0.25, 0.3) is 0 Å². The van der Waals surface area contributed by atoms with E-state index < -0.39 is 55.6 Å². The molecular formula is C27H38BN2O10PS. The molecule has 15 heteroatoms. The molecular weight excluding hydrogens is 586 g/mol. The van der Waals surface area contributed by atoms with Crippen LogP contribution in [0.3, 0.4) is 0 Å². The smallest absolute Gasteiger partial charge is 0.446 e. The highest BCUT2D eigenvalue weighted by molar-refractivity contribution is 7.89. The van der Waals surface area contributed by atoms with E-state index in [-0.39, 0.29) is 30.4 Å². The first kappa shape index (κ1) is 32.6. The molecule has 0 bridgehead atoms. The van der Waals surface area contributed by atoms with Crippen molar-refractivity contribution in [2.75, 3.05) is 26.3 Å². The fourth-order valence-electron chi connectivity index (χ4n) is 5.26. The summed E-state index contributed by atoms with van der Waals surface area (Å²) >= 11 is 0. The van der Waals surface area contributed by atoms with Gasteiger partial charge in [-0.3, -0.25) is 4.52 Å². The van der Waals surface area contributed by atoms with Crippen LogP contribution in [0.25, 0.3) is 0 Å². The number of carbonyl (C=O) groups excluding carboxylic acids is 1. The second-order valence-electron chi connectivity index (χ2n) is 11.1. The van der Waals surface area contributed by atoms with Gasteiger partial charge < -0.3 is 29.6 Å². The van der Waals surface area contributed by atoms with E-state index in [1.807, 2.05) is 13.8 Å². The average molecular weight is 624 g/mol. The van der Waals surface area contributed by atoms with Crippen molar-refractivity contribution >= 4 is 36.3 Å². The quantitative estimate of drug-likeness (QED) is 0.190. The monoisotopic (exact) mass is 624 g/mol. The van der Waals surface area contributed by atoms with Crippen LogP contribution in [-0.4, -0.2) is 85.1 Å². The van der Waals surface area contributed by atoms with Crippen LogP contribution >= 0.6 is 7.82 Å². The first-order chi connectivity index (χ1) is 19.8. The molecule has 42 heavy (non-hydrogen) atoms. The summed E-state index contributed by atoms with van der Waals surface area (Å²) in [6.45, 7) is 3.23. The van der Waals surface area contributed by atoms with Gasteiger partial charge in [-0.1, -0.05) is 55.8 Å². The lowest BCUT2D eigenvalue weighted by molar-refractivity contribution is 0.0601. The Morgan fingerprint density at radius 2 is 1.93 bits per heavy atom. The molecule has 3 atom stereocenters. The lowest BCUT2D eigenvalue weighted by Gasteiger charge is -2.33. The fourth-order valence-corrected chi connectivity index (χ4v) is 7.49. The number of carbonyl (C=O) groups is 1. The number of benzene rings is 2. The number of rotatable bonds is 13. The highest BCUT2D eigenvalue weighted by Crippen LogP contribution is 2.39. The van der Waals surface area contributed by atoms with E-state index in [0.29, 0.717) is 31.2 Å². The van der Waals surface area contributed by atoms with E-state index in [1.165, 1.54) is 12.1 Å². The zero-order valence-electron chi connectivity index (χ0n) is 23.7. The van der Waals surface area contributed by atoms with Crippen molar-refractivity contribution in [3.05, 3.63) is 59.7 Å². The predicted octanol–water partition coefficient (Wildman–Crippen LogP) is 1.68. The maximum atomic E-state index is 14.0. The zero-order chi connectivity index (χ0) is 30.5. The van der Waals surface area contributed by atoms with Gasteiger partial charge in [-0.15, -0.1) is 0 Å². The van der Waals surface area contributed by atoms with Crippen LogP contribution in [0.1, 0.15) is 31.4 Å². The molecule has 0 saturated carbocycles. The third-order valence-corrected chi connectivity index (χ3v) is 9.61. The van der Waals surface area contributed by atoms with E-state index in [4.69, 9.17) is 14.0 Å². The van der Waals surface area contributed by atoms with Gasteiger partial charge in [-0.25, -0.2) is 17.8 Å². The number of phosphoric ester groups is 1. The number of sulfonamides is 1. The third kappa shape index (κ3) is 8.87. The lowest BCUT2D eigenvalue weighted by Crippen LogP contribution is -2.52. The number of amides is 1. The summed E-state index contributed by atoms with van der Waals surface area (Å²) in [5, 5.41) is 12.8. The molecule has 1 fully saturated rings. The van der Waals surface area contributed by atoms with Crippen molar-refractivity contribution in [3.63, 3.8) is 0 Å². The molecule has 2 aromatic rings. The molecule has 230 valence electrons. The number of phosphoric acid groups is 1. The van der Waals surface area contributed by atoms with Crippen molar-refractivity contribution < 1.29 is 46.6 Å². The van der Waals surface area contributed by atoms with Crippen LogP contribution in [0.2, 0.25) is 6.32 Å². The highest BCUT2D eigenvalue weighted by Gasteiger charge is 2.38. The summed E-state index contributed by atoms with van der Waals surface area (Å²) in [5.41, 5.74) is 2.14. The molecule has 3 unspecified atom stereocenters. The Labute approximate surface area is 246 Å². The largest absolute Gasteiger partial charge is 0.469 e. The van der Waals surface area contributed by atoms with Gasteiger partial charge in [-0.2, -0.15) is 4.31 Å². The molecule has 2 aliphatic heterocycles. The van der Waals surface area contributed by atoms with E-state index in [2.05, 4.69) is 5.32 Å². The van der Waals surface area contributed by atoms with Crippen LogP contribution < -0.4 is 10.8 Å². The number of nitrogens with zero attached hydrogens (tertiary/aromatic N) is 1. The number of hydrogen-bond donors (Lipinski definition) is 4. The fraction of sp³-hybridized carbons (Fsp3) is 0.519. The molecule has 2 heterocycles. The Balaban J connectivity index is 1.67. The summed E-state index contributed by atoms with van der Waals surface area (Å²) in [6, 6.07) is 12.4. The average Bonchev–Trinajstić information content (AvgIpc) is 3.56. The Kier molecular flexibility index (Phi) is 10.9. The summed E-state index contributed by atoms with van der Waals surface area (Å²) in [5.74, 6) is -0.153. The molecule has 0 aliphatic carbocycles. The molecule has 0 radical (unpaired) electrons. The Morgan fingerprint density at radius 1 is 1.19 bits per heavy atom. The number of nitrogens with one attached hydrogen (secondary N) is 1. The van der Waals surface area contributed by atoms with Gasteiger partial charge in [0, 0.05) is 19.5 Å². The minimum atomic E-state index is -5.15. The van der Waals surface area contributed by atoms with Crippen LogP contribution in [0.4, 0.5) is 4.79 Å². The Hall–Kier alpha value is -2.29. The van der Waals surface area contributed by atoms with Crippen LogP contribution in [0, 0.1) is 5.92 Å². The van der Waals surface area contributed by atoms with Crippen LogP contribution in [0.5, 0.6) is 0 Å². The van der Waals surface area contributed by atoms with E-state index in [0.717, 1.165) is 15.4 Å². The zero-order valence-corrected chi connectivity index (χ0v) is 25.4. The van der Waals surface area contributed by atoms with Gasteiger partial charge in [0.2, 0.25) is 10.0 Å². The molecule has 1 amide bonds. The second-order valence-corrected chi connectivity index (χ2v) is 14.2. The van der Waals surface area contributed by atoms with E-state index in [9.17, 15) is 32.6 Å². The Morgan fingerprint density at radius 3 is 2.57 bits per heavy atom. The summed E-state index contributed by atoms with van der Waals surface area (Å²) < 4.78 is 57.1. The Bertz CT molecular complexity index is 1370. The van der Waals surface area contributed by atoms with Crippen molar-refractivity contribution in [1.29, 1.82) is 0 Å². The summed E-state index contributed by atoms with van der Waals surface area (Å²) in [7, 11) is -9.33. The standard InChI is InChI=1S/C27H38BN2O10PS/c1-19(2)16-30(42(36,37)23-8-9-24-21(15-23)10-12-28(24)32)17-26(40-41(33,34)35)25(14-20-6-4-3-5-7-20)29-27(31)39-22-11-13-38-18-22/h3-9,15,19,22,25-26,32H,10-14,16-18H2,1-2H3,(H,29,31)(H2,33,34,35). The topological polar surface area (TPSA) is 172 Å². The number of aryl methyl sites for hydroxylation is 1. The van der Waals surface area contributed by atoms with Gasteiger partial charge in [0.05, 0.1) is 24.2 Å². The third-order valence-electron chi connectivity index (χ3n) is 7.24. The first-order valence-electron chi connectivity index (χ1n) is 14.0. The number of alkyl carbamates (subject to hydrolysis) is 1. The normalized spacial score (nSPS) is 18.7. The summed E-state index contributed by atoms with van der Waals surface area (Å²) in [4.78, 5) is 32.6. The minimum Gasteiger partial charge on any atom is -0.446 e. The molecule has 12 nitrogen and oxygen atoms in total. The maximum Gasteiger partial charge on any atom is 0.469 e. The van der Waals surface area contributed by atoms with Crippen molar-refractivity contribution in [1.82, 2.24) is 9.62 Å². The molecule has 2 aliphatic rings. The van der Waals surface area contributed by atoms with E-state index in [1.54, 1.807) is 36.4 Å². The van der Waals surface area contributed by atoms with Crippen LogP contribution in [-0.2, 0) is 41.4 Å². The van der Waals surface area contributed by atoms with Crippen molar-refractivity contribution in [3.8, 4) is 0 Å². The number of hydrogen-bond acceptors (Lipinski definition) is 8. The van der Waals surface area contributed by atoms with Crippen LogP contribution in [0.15, 0.2) is 53.4 Å². The predicted molar refractivity (Wildman–Crippen MR) is 156 cm³/mol. The minimum absolute atomic E-state index is 0.000795. The number of fused-ring (bicyclic) bond motifs is 1. The SMILES string of the molecule is CC(C)CN(CC(OP(=O)(O)O)C(Cc1ccccc1)NC(=O)OC1CCOC1)S(=O)(=O)c1ccc2c(c1)CCB2O. The van der Waals surface area contributed by atoms with Gasteiger partial charge in [0.15, 0.2) is 0 Å². The van der Waals surface area contributed by atoms with E-state index >= 15 is 0 Å². The molecule has 4 rings (SSSR count). The summed E-state index contributed by atoms with van der Waals surface area (Å²) in [6.07, 6.45) is -1.14. The van der Waals surface area contributed by atoms with Gasteiger partial charge in [0.1, 0.15) is 12.2 Å². The molecule has 2 aromatic carbocycles. The highest BCUT2D eigenvalue weighted by atomic mass is 32.2. The lowest BCUT2D eigenvalue weighted by atomic mass is 9.63. The first-order valence-corrected chi connectivity index (χ1v) is 16.9. The molecule has 0 spiro atoms. The second kappa shape index (κ2) is 14.0. The van der Waals surface area contributed by atoms with Crippen molar-refractivity contribution in [2.45, 2.75) is 62.6 Å². The van der Waals surface area contributed by atoms with Crippen molar-refractivity contribution in [2.24, 2.45) is 5.92 Å². The maximum absolute atomic E-state index is 14.0. The molecule has 1 saturated heterocycles. The van der Waals surface area contributed by atoms with Gasteiger partial charge in [-0.05, 0) is 48.2 Å². The molecule has 4 N–H and O–H groups in total. The molecule has 0 aromatic heterocycles. The van der Waals surface area contributed by atoms with Gasteiger partial charge >= 0.3 is 20.8 Å². The number of ether oxygens (including phenoxy) is 2.